The molecular weight excluding hydrogens is 354 g/mol. The summed E-state index contributed by atoms with van der Waals surface area (Å²) in [7, 11) is 0. The molecule has 0 atom stereocenters. The maximum absolute atomic E-state index is 12.9. The summed E-state index contributed by atoms with van der Waals surface area (Å²) in [5, 5.41) is 0.598. The molecule has 26 heavy (non-hydrogen) atoms. The van der Waals surface area contributed by atoms with Crippen LogP contribution in [0.2, 0.25) is 0 Å². The molecule has 2 aliphatic carbocycles. The van der Waals surface area contributed by atoms with Crippen molar-refractivity contribution in [2.45, 2.75) is 82.7 Å². The van der Waals surface area contributed by atoms with Gasteiger partial charge in [-0.2, -0.15) is 0 Å². The highest BCUT2D eigenvalue weighted by molar-refractivity contribution is 7.13. The van der Waals surface area contributed by atoms with Gasteiger partial charge in [0.25, 0.3) is 11.1 Å². The van der Waals surface area contributed by atoms with Crippen LogP contribution in [0.15, 0.2) is 0 Å². The zero-order valence-electron chi connectivity index (χ0n) is 15.5. The molecule has 6 heteroatoms. The van der Waals surface area contributed by atoms with E-state index in [0.717, 1.165) is 37.5 Å². The van der Waals surface area contributed by atoms with Crippen molar-refractivity contribution in [1.29, 1.82) is 0 Å². The number of aromatic nitrogens is 1. The van der Waals surface area contributed by atoms with E-state index in [2.05, 4.69) is 9.88 Å². The Kier molecular flexibility index (Phi) is 5.79. The Morgan fingerprint density at radius 1 is 1.12 bits per heavy atom. The molecular formula is C20H30F2N2OS. The first-order chi connectivity index (χ1) is 12.6. The predicted molar refractivity (Wildman–Crippen MR) is 100 cm³/mol. The molecule has 0 spiro atoms. The summed E-state index contributed by atoms with van der Waals surface area (Å²) in [5.41, 5.74) is 1.13. The minimum atomic E-state index is -2.53. The van der Waals surface area contributed by atoms with Crippen molar-refractivity contribution in [2.24, 2.45) is 5.92 Å². The largest absolute Gasteiger partial charge is 0.466 e. The second kappa shape index (κ2) is 8.09. The lowest BCUT2D eigenvalue weighted by molar-refractivity contribution is -0.134. The summed E-state index contributed by atoms with van der Waals surface area (Å²) in [4.78, 5) is 8.46. The monoisotopic (exact) mass is 384 g/mol. The van der Waals surface area contributed by atoms with Crippen LogP contribution in [0.4, 0.5) is 8.78 Å². The summed E-state index contributed by atoms with van der Waals surface area (Å²) < 4.78 is 31.5. The fraction of sp³-hybridized carbons (Fsp3) is 0.850. The van der Waals surface area contributed by atoms with Gasteiger partial charge in [-0.25, -0.2) is 13.8 Å². The third kappa shape index (κ3) is 4.75. The van der Waals surface area contributed by atoms with Crippen LogP contribution in [-0.2, 0) is 12.8 Å². The first-order valence-corrected chi connectivity index (χ1v) is 11.1. The molecule has 146 valence electrons. The van der Waals surface area contributed by atoms with E-state index in [4.69, 9.17) is 4.74 Å². The number of thiazole rings is 1. The van der Waals surface area contributed by atoms with E-state index in [0.29, 0.717) is 5.19 Å². The fourth-order valence-electron chi connectivity index (χ4n) is 4.57. The van der Waals surface area contributed by atoms with Crippen LogP contribution in [-0.4, -0.2) is 41.5 Å². The molecule has 4 rings (SSSR count). The maximum Gasteiger partial charge on any atom is 0.273 e. The van der Waals surface area contributed by atoms with Gasteiger partial charge in [0.05, 0.1) is 5.69 Å². The summed E-state index contributed by atoms with van der Waals surface area (Å²) in [6, 6.07) is 0. The minimum absolute atomic E-state index is 0.161. The van der Waals surface area contributed by atoms with Crippen molar-refractivity contribution in [1.82, 2.24) is 9.88 Å². The van der Waals surface area contributed by atoms with E-state index >= 15 is 0 Å². The zero-order valence-corrected chi connectivity index (χ0v) is 16.3. The number of hydrogen-bond acceptors (Lipinski definition) is 4. The lowest BCUT2D eigenvalue weighted by atomic mass is 9.86. The van der Waals surface area contributed by atoms with Gasteiger partial charge in [-0.3, -0.25) is 0 Å². The van der Waals surface area contributed by atoms with Gasteiger partial charge in [-0.15, -0.1) is 0 Å². The average Bonchev–Trinajstić information content (AvgIpc) is 2.88. The Balaban J connectivity index is 1.20. The summed E-state index contributed by atoms with van der Waals surface area (Å²) >= 11 is 1.57. The Hall–Kier alpha value is -0.750. The lowest BCUT2D eigenvalue weighted by Crippen LogP contribution is -2.43. The first-order valence-electron chi connectivity index (χ1n) is 10.3. The van der Waals surface area contributed by atoms with Crippen molar-refractivity contribution in [3.63, 3.8) is 0 Å². The fourth-order valence-corrected chi connectivity index (χ4v) is 5.58. The zero-order chi connectivity index (χ0) is 18.0. The van der Waals surface area contributed by atoms with Gasteiger partial charge < -0.3 is 9.64 Å². The predicted octanol–water partition coefficient (Wildman–Crippen LogP) is 5.08. The van der Waals surface area contributed by atoms with E-state index in [1.165, 1.54) is 56.4 Å². The van der Waals surface area contributed by atoms with Gasteiger partial charge in [0.1, 0.15) is 6.10 Å². The van der Waals surface area contributed by atoms with Gasteiger partial charge in [0.15, 0.2) is 0 Å². The standard InChI is InChI=1S/C20H30F2N2OS/c21-20(22)13-16(14-20)25-19-23-17-8-11-24(12-9-18(17)26-19)10-4-7-15-5-2-1-3-6-15/h15-16H,1-14H2. The third-order valence-electron chi connectivity index (χ3n) is 6.21. The highest BCUT2D eigenvalue weighted by atomic mass is 32.1. The molecule has 2 heterocycles. The number of ether oxygens (including phenoxy) is 1. The van der Waals surface area contributed by atoms with Crippen molar-refractivity contribution in [2.75, 3.05) is 19.6 Å². The average molecular weight is 385 g/mol. The quantitative estimate of drug-likeness (QED) is 0.684. The van der Waals surface area contributed by atoms with E-state index in [1.807, 2.05) is 0 Å². The summed E-state index contributed by atoms with van der Waals surface area (Å²) in [6.45, 7) is 3.34. The van der Waals surface area contributed by atoms with Crippen LogP contribution in [0, 0.1) is 5.92 Å². The van der Waals surface area contributed by atoms with Gasteiger partial charge >= 0.3 is 0 Å². The topological polar surface area (TPSA) is 25.4 Å². The second-order valence-electron chi connectivity index (χ2n) is 8.34. The minimum Gasteiger partial charge on any atom is -0.466 e. The van der Waals surface area contributed by atoms with Crippen LogP contribution in [0.25, 0.3) is 0 Å². The smallest absolute Gasteiger partial charge is 0.273 e. The summed E-state index contributed by atoms with van der Waals surface area (Å²) in [5.74, 6) is -1.56. The molecule has 1 aromatic rings. The number of hydrogen-bond donors (Lipinski definition) is 0. The molecule has 0 amide bonds. The summed E-state index contributed by atoms with van der Waals surface area (Å²) in [6.07, 6.45) is 11.2. The molecule has 1 aliphatic heterocycles. The Labute approximate surface area is 159 Å². The number of alkyl halides is 2. The highest BCUT2D eigenvalue weighted by Gasteiger charge is 2.47. The molecule has 2 fully saturated rings. The molecule has 0 N–H and O–H groups in total. The maximum atomic E-state index is 12.9. The number of nitrogens with zero attached hydrogens (tertiary/aromatic N) is 2. The van der Waals surface area contributed by atoms with Gasteiger partial charge in [0.2, 0.25) is 0 Å². The van der Waals surface area contributed by atoms with Gasteiger partial charge in [-0.05, 0) is 31.7 Å². The molecule has 0 radical (unpaired) electrons. The van der Waals surface area contributed by atoms with Crippen molar-refractivity contribution in [3.05, 3.63) is 10.6 Å². The molecule has 3 aliphatic rings. The van der Waals surface area contributed by atoms with Gasteiger partial charge in [0, 0.05) is 37.2 Å². The van der Waals surface area contributed by atoms with Crippen LogP contribution in [0.3, 0.4) is 0 Å². The van der Waals surface area contributed by atoms with Crippen LogP contribution in [0.5, 0.6) is 5.19 Å². The highest BCUT2D eigenvalue weighted by Crippen LogP contribution is 2.41. The van der Waals surface area contributed by atoms with Crippen molar-refractivity contribution < 1.29 is 13.5 Å². The molecule has 0 unspecified atom stereocenters. The van der Waals surface area contributed by atoms with Gasteiger partial charge in [-0.1, -0.05) is 43.4 Å². The van der Waals surface area contributed by atoms with Crippen LogP contribution < -0.4 is 4.74 Å². The van der Waals surface area contributed by atoms with E-state index < -0.39 is 5.92 Å². The third-order valence-corrected chi connectivity index (χ3v) is 7.26. The molecule has 0 bridgehead atoms. The molecule has 1 aromatic heterocycles. The molecule has 0 saturated heterocycles. The Morgan fingerprint density at radius 2 is 1.88 bits per heavy atom. The molecule has 0 aromatic carbocycles. The Morgan fingerprint density at radius 3 is 2.65 bits per heavy atom. The first kappa shape index (κ1) is 18.6. The number of halogens is 2. The van der Waals surface area contributed by atoms with E-state index in [-0.39, 0.29) is 18.9 Å². The van der Waals surface area contributed by atoms with Crippen molar-refractivity contribution >= 4 is 11.3 Å². The number of fused-ring (bicyclic) bond motifs is 1. The normalized spacial score (nSPS) is 24.7. The van der Waals surface area contributed by atoms with Crippen LogP contribution >= 0.6 is 11.3 Å². The van der Waals surface area contributed by atoms with Crippen LogP contribution in [0.1, 0.15) is 68.4 Å². The van der Waals surface area contributed by atoms with E-state index in [1.54, 1.807) is 11.3 Å². The second-order valence-corrected chi connectivity index (χ2v) is 9.39. The Bertz CT molecular complexity index is 567. The SMILES string of the molecule is FC1(F)CC(Oc2nc3c(s2)CCN(CCCC2CCCCC2)CC3)C1. The lowest BCUT2D eigenvalue weighted by Gasteiger charge is -2.33. The number of rotatable bonds is 6. The molecule has 3 nitrogen and oxygen atoms in total. The molecule has 2 saturated carbocycles. The van der Waals surface area contributed by atoms with E-state index in [9.17, 15) is 8.78 Å². The van der Waals surface area contributed by atoms with Crippen molar-refractivity contribution in [3.8, 4) is 5.19 Å².